The van der Waals surface area contributed by atoms with E-state index in [1.807, 2.05) is 0 Å². The molecule has 4 saturated carbocycles. The number of aliphatic hydroxyl groups is 1. The number of hydrogen-bond donors (Lipinski definition) is 1. The van der Waals surface area contributed by atoms with Crippen molar-refractivity contribution in [2.24, 2.45) is 29.1 Å². The Bertz CT molecular complexity index is 543. The van der Waals surface area contributed by atoms with E-state index in [2.05, 4.69) is 11.7 Å². The van der Waals surface area contributed by atoms with Gasteiger partial charge in [-0.05, 0) is 61.2 Å². The summed E-state index contributed by atoms with van der Waals surface area (Å²) in [4.78, 5) is 23.4. The minimum Gasteiger partial charge on any atom is -0.458 e. The molecule has 27 heavy (non-hydrogen) atoms. The number of halogens is 2. The molecule has 1 atom stereocenters. The van der Waals surface area contributed by atoms with Gasteiger partial charge >= 0.3 is 11.9 Å². The molecule has 0 heterocycles. The summed E-state index contributed by atoms with van der Waals surface area (Å²) in [5.41, 5.74) is 0.0503. The zero-order valence-electron chi connectivity index (χ0n) is 16.1. The Morgan fingerprint density at radius 1 is 1.11 bits per heavy atom. The van der Waals surface area contributed by atoms with Crippen LogP contribution in [0, 0.1) is 29.1 Å². The lowest BCUT2D eigenvalue weighted by atomic mass is 9.45. The molecule has 0 aromatic carbocycles. The highest BCUT2D eigenvalue weighted by Crippen LogP contribution is 2.63. The summed E-state index contributed by atoms with van der Waals surface area (Å²) in [6.07, 6.45) is 5.59. The first-order valence-electron chi connectivity index (χ1n) is 9.90. The molecular formula is C20H30F2O5. The van der Waals surface area contributed by atoms with Crippen LogP contribution < -0.4 is 0 Å². The van der Waals surface area contributed by atoms with Crippen molar-refractivity contribution in [3.05, 3.63) is 0 Å². The molecule has 0 aromatic heterocycles. The summed E-state index contributed by atoms with van der Waals surface area (Å²) in [6.45, 7) is 1.75. The van der Waals surface area contributed by atoms with E-state index < -0.39 is 24.6 Å². The van der Waals surface area contributed by atoms with Crippen molar-refractivity contribution >= 4 is 11.8 Å². The lowest BCUT2D eigenvalue weighted by Crippen LogP contribution is -2.52. The fourth-order valence-electron chi connectivity index (χ4n) is 5.68. The van der Waals surface area contributed by atoms with Crippen LogP contribution in [0.5, 0.6) is 0 Å². The van der Waals surface area contributed by atoms with Gasteiger partial charge in [0.2, 0.25) is 0 Å². The average Bonchev–Trinajstić information content (AvgIpc) is 2.56. The second-order valence-electron chi connectivity index (χ2n) is 9.18. The topological polar surface area (TPSA) is 72.8 Å². The van der Waals surface area contributed by atoms with Crippen LogP contribution in [0.3, 0.4) is 0 Å². The highest BCUT2D eigenvalue weighted by atomic mass is 19.3. The van der Waals surface area contributed by atoms with Crippen molar-refractivity contribution in [3.63, 3.8) is 0 Å². The molecule has 0 aliphatic heterocycles. The van der Waals surface area contributed by atoms with Crippen LogP contribution in [0.25, 0.3) is 0 Å². The molecule has 0 spiro atoms. The predicted octanol–water partition coefficient (Wildman–Crippen LogP) is 2.98. The zero-order valence-corrected chi connectivity index (χ0v) is 16.1. The minimum atomic E-state index is -3.59. The maximum Gasteiger partial charge on any atom is 0.376 e. The standard InChI is InChI=1S/C20H30F2O5/c1-19(14-4-12-3-13(6-14)7-15(19)5-12)8-16(23)9-26-10-17(24)11-27-18(25)20(2,21)22/h12-15,17,24H,3-11H2,1-2H3. The molecule has 5 nitrogen and oxygen atoms in total. The molecular weight excluding hydrogens is 358 g/mol. The van der Waals surface area contributed by atoms with Crippen LogP contribution in [0.15, 0.2) is 0 Å². The fraction of sp³-hybridized carbons (Fsp3) is 0.900. The maximum atomic E-state index is 12.7. The van der Waals surface area contributed by atoms with Gasteiger partial charge in [0.05, 0.1) is 6.61 Å². The molecule has 4 rings (SSSR count). The van der Waals surface area contributed by atoms with E-state index in [1.165, 1.54) is 32.1 Å². The van der Waals surface area contributed by atoms with Gasteiger partial charge in [0.25, 0.3) is 0 Å². The Morgan fingerprint density at radius 3 is 2.19 bits per heavy atom. The van der Waals surface area contributed by atoms with E-state index in [1.54, 1.807) is 0 Å². The quantitative estimate of drug-likeness (QED) is 0.615. The molecule has 0 saturated heterocycles. The highest BCUT2D eigenvalue weighted by Gasteiger charge is 2.55. The third-order valence-electron chi connectivity index (χ3n) is 6.92. The third kappa shape index (κ3) is 4.67. The number of esters is 1. The van der Waals surface area contributed by atoms with Crippen molar-refractivity contribution in [2.75, 3.05) is 19.8 Å². The lowest BCUT2D eigenvalue weighted by molar-refractivity contribution is -0.173. The Labute approximate surface area is 158 Å². The predicted molar refractivity (Wildman–Crippen MR) is 93.2 cm³/mol. The minimum absolute atomic E-state index is 0.00857. The van der Waals surface area contributed by atoms with E-state index in [0.29, 0.717) is 25.2 Å². The summed E-state index contributed by atoms with van der Waals surface area (Å²) >= 11 is 0. The van der Waals surface area contributed by atoms with Gasteiger partial charge in [-0.15, -0.1) is 0 Å². The van der Waals surface area contributed by atoms with Gasteiger partial charge in [-0.1, -0.05) is 6.92 Å². The molecule has 1 unspecified atom stereocenters. The zero-order chi connectivity index (χ0) is 19.8. The Balaban J connectivity index is 1.38. The molecule has 154 valence electrons. The van der Waals surface area contributed by atoms with Crippen molar-refractivity contribution in [3.8, 4) is 0 Å². The van der Waals surface area contributed by atoms with E-state index >= 15 is 0 Å². The summed E-state index contributed by atoms with van der Waals surface area (Å²) in [7, 11) is 0. The third-order valence-corrected chi connectivity index (χ3v) is 6.92. The van der Waals surface area contributed by atoms with Crippen molar-refractivity contribution in [2.45, 2.75) is 64.4 Å². The first kappa shape index (κ1) is 20.6. The number of hydrogen-bond acceptors (Lipinski definition) is 5. The molecule has 4 aliphatic carbocycles. The summed E-state index contributed by atoms with van der Waals surface area (Å²) < 4.78 is 34.9. The first-order chi connectivity index (χ1) is 12.6. The van der Waals surface area contributed by atoms with Crippen molar-refractivity contribution in [1.29, 1.82) is 0 Å². The molecule has 1 N–H and O–H groups in total. The highest BCUT2D eigenvalue weighted by molar-refractivity contribution is 5.80. The Morgan fingerprint density at radius 2 is 1.67 bits per heavy atom. The van der Waals surface area contributed by atoms with Gasteiger partial charge in [-0.2, -0.15) is 8.78 Å². The SMILES string of the molecule is CC(F)(F)C(=O)OCC(O)COCC(=O)CC1(C)C2CC3CC(C2)CC1C3. The smallest absolute Gasteiger partial charge is 0.376 e. The molecule has 4 fully saturated rings. The Kier molecular flexibility index (Phi) is 5.92. The maximum absolute atomic E-state index is 12.7. The number of ketones is 1. The van der Waals surface area contributed by atoms with E-state index in [9.17, 15) is 23.5 Å². The molecule has 7 heteroatoms. The second-order valence-corrected chi connectivity index (χ2v) is 9.18. The lowest BCUT2D eigenvalue weighted by Gasteiger charge is -2.60. The summed E-state index contributed by atoms with van der Waals surface area (Å²) in [5, 5.41) is 9.66. The van der Waals surface area contributed by atoms with Crippen LogP contribution in [0.4, 0.5) is 8.78 Å². The number of Topliss-reactive ketones (excluding diaryl/α,β-unsaturated/α-hetero) is 1. The number of carbonyl (C=O) groups excluding carboxylic acids is 2. The van der Waals surface area contributed by atoms with Crippen molar-refractivity contribution < 1.29 is 33.0 Å². The van der Waals surface area contributed by atoms with E-state index in [4.69, 9.17) is 4.74 Å². The fourth-order valence-corrected chi connectivity index (χ4v) is 5.68. The van der Waals surface area contributed by atoms with Crippen LogP contribution in [0.1, 0.15) is 52.4 Å². The summed E-state index contributed by atoms with van der Waals surface area (Å²) in [6, 6.07) is 0. The largest absolute Gasteiger partial charge is 0.458 e. The van der Waals surface area contributed by atoms with E-state index in [0.717, 1.165) is 11.8 Å². The van der Waals surface area contributed by atoms with Gasteiger partial charge in [0.1, 0.15) is 19.3 Å². The molecule has 4 aliphatic rings. The van der Waals surface area contributed by atoms with Gasteiger partial charge in [-0.3, -0.25) is 4.79 Å². The number of alkyl halides is 2. The average molecular weight is 388 g/mol. The van der Waals surface area contributed by atoms with Crippen LogP contribution in [-0.2, 0) is 19.1 Å². The van der Waals surface area contributed by atoms with Gasteiger partial charge in [0.15, 0.2) is 5.78 Å². The molecule has 0 radical (unpaired) electrons. The molecule has 0 aromatic rings. The number of aliphatic hydroxyl groups excluding tert-OH is 1. The van der Waals surface area contributed by atoms with Crippen molar-refractivity contribution in [1.82, 2.24) is 0 Å². The van der Waals surface area contributed by atoms with Gasteiger partial charge in [-0.25, -0.2) is 4.79 Å². The van der Waals surface area contributed by atoms with Gasteiger partial charge < -0.3 is 14.6 Å². The summed E-state index contributed by atoms with van der Waals surface area (Å²) in [5.74, 6) is -2.33. The monoisotopic (exact) mass is 388 g/mol. The normalized spacial score (nSPS) is 35.9. The van der Waals surface area contributed by atoms with Crippen LogP contribution in [-0.4, -0.2) is 48.7 Å². The number of ether oxygens (including phenoxy) is 2. The Hall–Kier alpha value is -1.08. The van der Waals surface area contributed by atoms with E-state index in [-0.39, 0.29) is 24.4 Å². The number of carbonyl (C=O) groups is 2. The van der Waals surface area contributed by atoms with Gasteiger partial charge in [0, 0.05) is 13.3 Å². The first-order valence-corrected chi connectivity index (χ1v) is 9.90. The molecule has 4 bridgehead atoms. The van der Waals surface area contributed by atoms with Crippen LogP contribution in [0.2, 0.25) is 0 Å². The number of rotatable bonds is 9. The molecule has 0 amide bonds. The van der Waals surface area contributed by atoms with Crippen LogP contribution >= 0.6 is 0 Å². The second kappa shape index (κ2) is 7.74.